The molecule has 2 aromatic heterocycles. The van der Waals surface area contributed by atoms with Gasteiger partial charge in [0.15, 0.2) is 0 Å². The average Bonchev–Trinajstić information content (AvgIpc) is 3.47. The first-order valence-corrected chi connectivity index (χ1v) is 10.1. The molecule has 28 heavy (non-hydrogen) atoms. The van der Waals surface area contributed by atoms with Gasteiger partial charge in [0, 0.05) is 18.7 Å². The molecule has 0 amide bonds. The molecule has 4 aromatic rings. The molecule has 2 aromatic carbocycles. The van der Waals surface area contributed by atoms with Gasteiger partial charge in [-0.2, -0.15) is 5.10 Å². The van der Waals surface area contributed by atoms with Crippen molar-refractivity contribution in [1.82, 2.24) is 20.2 Å². The van der Waals surface area contributed by atoms with Crippen LogP contribution in [0.2, 0.25) is 0 Å². The second-order valence-corrected chi connectivity index (χ2v) is 7.65. The Hall–Kier alpha value is -3.08. The normalized spacial score (nSPS) is 14.7. The molecule has 1 saturated carbocycles. The summed E-state index contributed by atoms with van der Waals surface area (Å²) in [6.07, 6.45) is 9.59. The summed E-state index contributed by atoms with van der Waals surface area (Å²) < 4.78 is 6.04. The lowest BCUT2D eigenvalue weighted by molar-refractivity contribution is 0.483. The van der Waals surface area contributed by atoms with Crippen molar-refractivity contribution >= 4 is 11.0 Å². The van der Waals surface area contributed by atoms with Crippen molar-refractivity contribution in [2.24, 2.45) is 5.92 Å². The van der Waals surface area contributed by atoms with Crippen molar-refractivity contribution in [2.45, 2.75) is 38.5 Å². The number of nitrogens with zero attached hydrogens (tertiary/aromatic N) is 2. The third-order valence-corrected chi connectivity index (χ3v) is 5.67. The standard InChI is InChI=1S/C23H24N4O/c1-2-4-16(3-1)5-12-23-25-21-11-10-19(15-22(21)26-23)28-18-8-6-17(7-9-18)20-13-14-24-27-20/h6-11,13-16H,1-5,12H2,(H,24,27)(H,25,26). The van der Waals surface area contributed by atoms with Crippen molar-refractivity contribution in [2.75, 3.05) is 0 Å². The van der Waals surface area contributed by atoms with Crippen LogP contribution < -0.4 is 4.74 Å². The third-order valence-electron chi connectivity index (χ3n) is 5.67. The van der Waals surface area contributed by atoms with E-state index in [-0.39, 0.29) is 0 Å². The Balaban J connectivity index is 1.28. The summed E-state index contributed by atoms with van der Waals surface area (Å²) in [7, 11) is 0. The van der Waals surface area contributed by atoms with Crippen molar-refractivity contribution in [3.63, 3.8) is 0 Å². The van der Waals surface area contributed by atoms with Crippen LogP contribution in [-0.4, -0.2) is 20.2 Å². The third kappa shape index (κ3) is 3.65. The highest BCUT2D eigenvalue weighted by Gasteiger charge is 2.15. The zero-order valence-corrected chi connectivity index (χ0v) is 15.8. The molecule has 142 valence electrons. The number of rotatable bonds is 6. The Morgan fingerprint density at radius 3 is 2.57 bits per heavy atom. The van der Waals surface area contributed by atoms with Crippen LogP contribution in [0.1, 0.15) is 37.9 Å². The average molecular weight is 372 g/mol. The lowest BCUT2D eigenvalue weighted by Gasteiger charge is -2.06. The van der Waals surface area contributed by atoms with Crippen molar-refractivity contribution < 1.29 is 4.74 Å². The van der Waals surface area contributed by atoms with Gasteiger partial charge in [-0.15, -0.1) is 0 Å². The molecule has 0 spiro atoms. The number of ether oxygens (including phenoxy) is 1. The van der Waals surface area contributed by atoms with Crippen LogP contribution in [0.3, 0.4) is 0 Å². The molecule has 1 fully saturated rings. The van der Waals surface area contributed by atoms with E-state index in [1.54, 1.807) is 6.20 Å². The van der Waals surface area contributed by atoms with Crippen molar-refractivity contribution in [1.29, 1.82) is 0 Å². The van der Waals surface area contributed by atoms with E-state index in [0.717, 1.165) is 52.0 Å². The number of benzene rings is 2. The zero-order chi connectivity index (χ0) is 18.8. The number of nitrogens with one attached hydrogen (secondary N) is 2. The molecule has 0 atom stereocenters. The van der Waals surface area contributed by atoms with Gasteiger partial charge in [-0.3, -0.25) is 5.10 Å². The van der Waals surface area contributed by atoms with E-state index in [0.29, 0.717) is 0 Å². The lowest BCUT2D eigenvalue weighted by atomic mass is 10.0. The number of hydrogen-bond acceptors (Lipinski definition) is 3. The number of aromatic amines is 2. The highest BCUT2D eigenvalue weighted by molar-refractivity contribution is 5.77. The minimum absolute atomic E-state index is 0.809. The van der Waals surface area contributed by atoms with E-state index < -0.39 is 0 Å². The van der Waals surface area contributed by atoms with Gasteiger partial charge in [0.05, 0.1) is 16.7 Å². The highest BCUT2D eigenvalue weighted by Crippen LogP contribution is 2.30. The van der Waals surface area contributed by atoms with E-state index in [1.807, 2.05) is 48.5 Å². The smallest absolute Gasteiger partial charge is 0.129 e. The van der Waals surface area contributed by atoms with Crippen molar-refractivity contribution in [3.05, 3.63) is 60.6 Å². The second kappa shape index (κ2) is 7.50. The maximum absolute atomic E-state index is 6.04. The van der Waals surface area contributed by atoms with E-state index >= 15 is 0 Å². The number of H-pyrrole nitrogens is 2. The molecule has 1 aliphatic carbocycles. The molecule has 5 nitrogen and oxygen atoms in total. The second-order valence-electron chi connectivity index (χ2n) is 7.65. The Morgan fingerprint density at radius 2 is 1.79 bits per heavy atom. The number of hydrogen-bond donors (Lipinski definition) is 2. The molecule has 2 heterocycles. The molecular weight excluding hydrogens is 348 g/mol. The quantitative estimate of drug-likeness (QED) is 0.445. The minimum atomic E-state index is 0.809. The molecule has 0 bridgehead atoms. The summed E-state index contributed by atoms with van der Waals surface area (Å²) in [5.41, 5.74) is 4.12. The molecular formula is C23H24N4O. The van der Waals surface area contributed by atoms with E-state index in [9.17, 15) is 0 Å². The summed E-state index contributed by atoms with van der Waals surface area (Å²) in [6, 6.07) is 16.0. The van der Waals surface area contributed by atoms with Crippen LogP contribution in [0.15, 0.2) is 54.7 Å². The van der Waals surface area contributed by atoms with Gasteiger partial charge in [-0.05, 0) is 60.4 Å². The molecule has 2 N–H and O–H groups in total. The van der Waals surface area contributed by atoms with Crippen LogP contribution in [0.4, 0.5) is 0 Å². The maximum Gasteiger partial charge on any atom is 0.129 e. The molecule has 0 unspecified atom stereocenters. The predicted molar refractivity (Wildman–Crippen MR) is 110 cm³/mol. The Morgan fingerprint density at radius 1 is 0.964 bits per heavy atom. The molecule has 0 radical (unpaired) electrons. The first kappa shape index (κ1) is 17.0. The van der Waals surface area contributed by atoms with Gasteiger partial charge in [0.1, 0.15) is 17.3 Å². The first-order valence-electron chi connectivity index (χ1n) is 10.1. The summed E-state index contributed by atoms with van der Waals surface area (Å²) in [6.45, 7) is 0. The van der Waals surface area contributed by atoms with E-state index in [4.69, 9.17) is 9.72 Å². The van der Waals surface area contributed by atoms with Crippen LogP contribution in [-0.2, 0) is 6.42 Å². The highest BCUT2D eigenvalue weighted by atomic mass is 16.5. The van der Waals surface area contributed by atoms with Gasteiger partial charge in [0.2, 0.25) is 0 Å². The molecule has 0 aliphatic heterocycles. The fraction of sp³-hybridized carbons (Fsp3) is 0.304. The molecule has 0 saturated heterocycles. The molecule has 1 aliphatic rings. The number of aromatic nitrogens is 4. The maximum atomic E-state index is 6.04. The van der Waals surface area contributed by atoms with Gasteiger partial charge < -0.3 is 9.72 Å². The molecule has 5 rings (SSSR count). The summed E-state index contributed by atoms with van der Waals surface area (Å²) in [5, 5.41) is 6.96. The topological polar surface area (TPSA) is 66.6 Å². The fourth-order valence-electron chi connectivity index (χ4n) is 4.12. The number of aryl methyl sites for hydroxylation is 1. The van der Waals surface area contributed by atoms with Crippen LogP contribution in [0, 0.1) is 5.92 Å². The summed E-state index contributed by atoms with van der Waals surface area (Å²) in [5.74, 6) is 3.59. The van der Waals surface area contributed by atoms with Crippen LogP contribution >= 0.6 is 0 Å². The van der Waals surface area contributed by atoms with Crippen LogP contribution in [0.5, 0.6) is 11.5 Å². The van der Waals surface area contributed by atoms with Crippen LogP contribution in [0.25, 0.3) is 22.3 Å². The van der Waals surface area contributed by atoms with Crippen molar-refractivity contribution in [3.8, 4) is 22.8 Å². The Kier molecular flexibility index (Phi) is 4.57. The number of fused-ring (bicyclic) bond motifs is 1. The van der Waals surface area contributed by atoms with Gasteiger partial charge in [0.25, 0.3) is 0 Å². The first-order chi connectivity index (χ1) is 13.8. The SMILES string of the molecule is c1cc(-c2ccc(Oc3ccc4nc(CCC5CCCC5)[nH]c4c3)cc2)[nH]n1. The zero-order valence-electron chi connectivity index (χ0n) is 15.8. The fourth-order valence-corrected chi connectivity index (χ4v) is 4.12. The Bertz CT molecular complexity index is 1040. The minimum Gasteiger partial charge on any atom is -0.457 e. The van der Waals surface area contributed by atoms with Gasteiger partial charge >= 0.3 is 0 Å². The van der Waals surface area contributed by atoms with E-state index in [1.165, 1.54) is 32.1 Å². The van der Waals surface area contributed by atoms with Gasteiger partial charge in [-0.25, -0.2) is 4.98 Å². The van der Waals surface area contributed by atoms with Gasteiger partial charge in [-0.1, -0.05) is 25.7 Å². The summed E-state index contributed by atoms with van der Waals surface area (Å²) in [4.78, 5) is 8.21. The largest absolute Gasteiger partial charge is 0.457 e. The predicted octanol–water partition coefficient (Wildman–Crippen LogP) is 5.87. The Labute approximate surface area is 164 Å². The summed E-state index contributed by atoms with van der Waals surface area (Å²) >= 11 is 0. The van der Waals surface area contributed by atoms with E-state index in [2.05, 4.69) is 15.2 Å². The lowest BCUT2D eigenvalue weighted by Crippen LogP contribution is -1.97. The number of imidazole rings is 1. The monoisotopic (exact) mass is 372 g/mol. The molecule has 5 heteroatoms.